The van der Waals surface area contributed by atoms with Gasteiger partial charge in [0, 0.05) is 12.1 Å². The van der Waals surface area contributed by atoms with Gasteiger partial charge in [0.05, 0.1) is 0 Å². The largest absolute Gasteiger partial charge is 0.508 e. The molecule has 20 heavy (non-hydrogen) atoms. The van der Waals surface area contributed by atoms with E-state index >= 15 is 0 Å². The molecular weight excluding hydrogens is 252 g/mol. The van der Waals surface area contributed by atoms with Gasteiger partial charge in [0.15, 0.2) is 0 Å². The van der Waals surface area contributed by atoms with E-state index < -0.39 is 0 Å². The molecule has 0 aliphatic heterocycles. The highest BCUT2D eigenvalue weighted by molar-refractivity contribution is 5.91. The highest BCUT2D eigenvalue weighted by Gasteiger charge is 2.11. The number of rotatable bonds is 8. The van der Waals surface area contributed by atoms with E-state index in [1.54, 1.807) is 18.2 Å². The molecule has 1 aromatic carbocycles. The van der Waals surface area contributed by atoms with E-state index in [9.17, 15) is 9.90 Å². The van der Waals surface area contributed by atoms with Crippen LogP contribution in [0.2, 0.25) is 0 Å². The van der Waals surface area contributed by atoms with Crippen LogP contribution in [0.15, 0.2) is 18.2 Å². The third kappa shape index (κ3) is 5.61. The lowest BCUT2D eigenvalue weighted by molar-refractivity contribution is -0.116. The summed E-state index contributed by atoms with van der Waals surface area (Å²) in [6, 6.07) is 4.95. The van der Waals surface area contributed by atoms with Gasteiger partial charge in [0.1, 0.15) is 5.75 Å². The number of nitrogens with one attached hydrogen (secondary N) is 1. The van der Waals surface area contributed by atoms with Gasteiger partial charge >= 0.3 is 0 Å². The zero-order chi connectivity index (χ0) is 15.0. The lowest BCUT2D eigenvalue weighted by Crippen LogP contribution is -2.15. The van der Waals surface area contributed by atoms with Gasteiger partial charge in [-0.25, -0.2) is 0 Å². The summed E-state index contributed by atoms with van der Waals surface area (Å²) >= 11 is 0. The van der Waals surface area contributed by atoms with E-state index in [-0.39, 0.29) is 11.7 Å². The van der Waals surface area contributed by atoms with Crippen molar-refractivity contribution in [3.63, 3.8) is 0 Å². The number of aryl methyl sites for hydroxylation is 1. The first-order chi connectivity index (χ1) is 9.56. The molecule has 4 nitrogen and oxygen atoms in total. The third-order valence-electron chi connectivity index (χ3n) is 3.54. The average Bonchev–Trinajstić information content (AvgIpc) is 2.40. The second-order valence-corrected chi connectivity index (χ2v) is 5.32. The summed E-state index contributed by atoms with van der Waals surface area (Å²) < 4.78 is 0. The predicted molar refractivity (Wildman–Crippen MR) is 82.8 cm³/mol. The van der Waals surface area contributed by atoms with Crippen LogP contribution < -0.4 is 11.1 Å². The summed E-state index contributed by atoms with van der Waals surface area (Å²) in [7, 11) is 0. The predicted octanol–water partition coefficient (Wildman–Crippen LogP) is 3.18. The Kier molecular flexibility index (Phi) is 7.09. The molecule has 1 amide bonds. The number of nitrogens with two attached hydrogens (primary N) is 1. The van der Waals surface area contributed by atoms with Crippen molar-refractivity contribution >= 4 is 11.6 Å². The topological polar surface area (TPSA) is 75.4 Å². The summed E-state index contributed by atoms with van der Waals surface area (Å²) in [5.74, 6) is 0.778. The maximum atomic E-state index is 12.0. The van der Waals surface area contributed by atoms with Gasteiger partial charge in [0.2, 0.25) is 5.91 Å². The first kappa shape index (κ1) is 16.5. The molecule has 0 aromatic heterocycles. The number of hydrogen-bond acceptors (Lipinski definition) is 3. The van der Waals surface area contributed by atoms with Crippen LogP contribution in [0.25, 0.3) is 0 Å². The zero-order valence-electron chi connectivity index (χ0n) is 12.5. The monoisotopic (exact) mass is 278 g/mol. The van der Waals surface area contributed by atoms with Crippen LogP contribution in [0.1, 0.15) is 44.6 Å². The van der Waals surface area contributed by atoms with Crippen molar-refractivity contribution in [3.05, 3.63) is 23.8 Å². The second kappa shape index (κ2) is 8.59. The van der Waals surface area contributed by atoms with Gasteiger partial charge in [-0.2, -0.15) is 0 Å². The molecule has 0 saturated heterocycles. The van der Waals surface area contributed by atoms with E-state index in [1.165, 1.54) is 0 Å². The maximum Gasteiger partial charge on any atom is 0.224 e. The zero-order valence-corrected chi connectivity index (χ0v) is 12.5. The molecule has 0 saturated carbocycles. The van der Waals surface area contributed by atoms with Crippen molar-refractivity contribution in [3.8, 4) is 5.75 Å². The molecule has 1 aromatic rings. The van der Waals surface area contributed by atoms with E-state index in [1.807, 2.05) is 6.92 Å². The Morgan fingerprint density at radius 1 is 1.35 bits per heavy atom. The van der Waals surface area contributed by atoms with Gasteiger partial charge in [-0.05, 0) is 56.0 Å². The number of benzene rings is 1. The fourth-order valence-electron chi connectivity index (χ4n) is 2.41. The molecule has 0 aliphatic carbocycles. The normalized spacial score (nSPS) is 12.2. The van der Waals surface area contributed by atoms with Crippen LogP contribution in [0.3, 0.4) is 0 Å². The average molecular weight is 278 g/mol. The molecule has 0 radical (unpaired) electrons. The molecule has 4 N–H and O–H groups in total. The number of carbonyl (C=O) groups is 1. The van der Waals surface area contributed by atoms with Crippen molar-refractivity contribution in [1.82, 2.24) is 0 Å². The van der Waals surface area contributed by atoms with Crippen molar-refractivity contribution in [1.29, 1.82) is 0 Å². The van der Waals surface area contributed by atoms with E-state index in [0.717, 1.165) is 36.9 Å². The highest BCUT2D eigenvalue weighted by Crippen LogP contribution is 2.21. The SMILES string of the molecule is CCCC(CCN)CCC(=O)Nc1ccc(O)cc1C. The summed E-state index contributed by atoms with van der Waals surface area (Å²) in [5.41, 5.74) is 7.23. The van der Waals surface area contributed by atoms with Gasteiger partial charge in [-0.15, -0.1) is 0 Å². The molecule has 4 heteroatoms. The van der Waals surface area contributed by atoms with Gasteiger partial charge < -0.3 is 16.2 Å². The van der Waals surface area contributed by atoms with Crippen LogP contribution in [0, 0.1) is 12.8 Å². The number of phenolic OH excluding ortho intramolecular Hbond substituents is 1. The van der Waals surface area contributed by atoms with Gasteiger partial charge in [-0.3, -0.25) is 4.79 Å². The number of carbonyl (C=O) groups excluding carboxylic acids is 1. The van der Waals surface area contributed by atoms with Crippen molar-refractivity contribution < 1.29 is 9.90 Å². The Balaban J connectivity index is 2.46. The van der Waals surface area contributed by atoms with E-state index in [2.05, 4.69) is 12.2 Å². The molecular formula is C16H26N2O2. The Labute approximate surface area is 121 Å². The molecule has 0 bridgehead atoms. The lowest BCUT2D eigenvalue weighted by Gasteiger charge is -2.15. The number of aromatic hydroxyl groups is 1. The quantitative estimate of drug-likeness (QED) is 0.639. The molecule has 1 atom stereocenters. The fraction of sp³-hybridized carbons (Fsp3) is 0.562. The molecule has 1 unspecified atom stereocenters. The summed E-state index contributed by atoms with van der Waals surface area (Å²) in [6.45, 7) is 4.70. The third-order valence-corrected chi connectivity index (χ3v) is 3.54. The van der Waals surface area contributed by atoms with E-state index in [0.29, 0.717) is 18.9 Å². The summed E-state index contributed by atoms with van der Waals surface area (Å²) in [5, 5.41) is 12.2. The van der Waals surface area contributed by atoms with Crippen molar-refractivity contribution in [2.75, 3.05) is 11.9 Å². The smallest absolute Gasteiger partial charge is 0.224 e. The minimum Gasteiger partial charge on any atom is -0.508 e. The number of hydrogen-bond donors (Lipinski definition) is 3. The Morgan fingerprint density at radius 3 is 2.70 bits per heavy atom. The maximum absolute atomic E-state index is 12.0. The Hall–Kier alpha value is -1.55. The first-order valence-electron chi connectivity index (χ1n) is 7.36. The summed E-state index contributed by atoms with van der Waals surface area (Å²) in [6.07, 6.45) is 4.64. The molecule has 1 rings (SSSR count). The van der Waals surface area contributed by atoms with Crippen molar-refractivity contribution in [2.45, 2.75) is 46.0 Å². The minimum atomic E-state index is 0.0249. The van der Waals surface area contributed by atoms with Crippen LogP contribution in [0.4, 0.5) is 5.69 Å². The number of phenols is 1. The van der Waals surface area contributed by atoms with Gasteiger partial charge in [-0.1, -0.05) is 19.8 Å². The highest BCUT2D eigenvalue weighted by atomic mass is 16.3. The fourth-order valence-corrected chi connectivity index (χ4v) is 2.41. The standard InChI is InChI=1S/C16H26N2O2/c1-3-4-13(9-10-17)5-8-16(20)18-15-7-6-14(19)11-12(15)2/h6-7,11,13,19H,3-5,8-10,17H2,1-2H3,(H,18,20). The van der Waals surface area contributed by atoms with Crippen LogP contribution in [0.5, 0.6) is 5.75 Å². The molecule has 0 fully saturated rings. The van der Waals surface area contributed by atoms with Crippen molar-refractivity contribution in [2.24, 2.45) is 11.7 Å². The molecule has 0 aliphatic rings. The number of amides is 1. The first-order valence-corrected chi connectivity index (χ1v) is 7.36. The van der Waals surface area contributed by atoms with Crippen LogP contribution in [-0.2, 0) is 4.79 Å². The second-order valence-electron chi connectivity index (χ2n) is 5.32. The minimum absolute atomic E-state index is 0.0249. The Bertz CT molecular complexity index is 426. The van der Waals surface area contributed by atoms with Crippen LogP contribution >= 0.6 is 0 Å². The molecule has 0 heterocycles. The Morgan fingerprint density at radius 2 is 2.10 bits per heavy atom. The molecule has 0 spiro atoms. The van der Waals surface area contributed by atoms with Crippen LogP contribution in [-0.4, -0.2) is 17.6 Å². The van der Waals surface area contributed by atoms with E-state index in [4.69, 9.17) is 5.73 Å². The van der Waals surface area contributed by atoms with Gasteiger partial charge in [0.25, 0.3) is 0 Å². The number of anilines is 1. The lowest BCUT2D eigenvalue weighted by atomic mass is 9.94. The summed E-state index contributed by atoms with van der Waals surface area (Å²) in [4.78, 5) is 12.0. The molecule has 112 valence electrons.